The smallest absolute Gasteiger partial charge is 0.408 e. The summed E-state index contributed by atoms with van der Waals surface area (Å²) in [6.07, 6.45) is -6.91. The number of halogens is 3. The van der Waals surface area contributed by atoms with Crippen LogP contribution in [0.15, 0.2) is 30.3 Å². The molecular weight excluding hydrogens is 481 g/mol. The zero-order chi connectivity index (χ0) is 27.1. The molecule has 0 aliphatic carbocycles. The molecule has 1 aliphatic heterocycles. The summed E-state index contributed by atoms with van der Waals surface area (Å²) in [7, 11) is 0. The predicted octanol–water partition coefficient (Wildman–Crippen LogP) is 1.87. The van der Waals surface area contributed by atoms with Crippen molar-refractivity contribution in [1.82, 2.24) is 15.5 Å². The van der Waals surface area contributed by atoms with Gasteiger partial charge in [-0.3, -0.25) is 14.5 Å². The number of aliphatic hydroxyl groups is 1. The molecule has 0 saturated carbocycles. The Hall–Kier alpha value is -2.86. The third-order valence-electron chi connectivity index (χ3n) is 5.67. The molecule has 1 aromatic rings. The minimum atomic E-state index is -4.43. The first-order valence-electron chi connectivity index (χ1n) is 11.8. The number of amides is 3. The molecule has 0 radical (unpaired) electrons. The first kappa shape index (κ1) is 29.4. The molecule has 1 aliphatic rings. The standard InChI is InChI=1S/C24H35F3N4O5/c1-23(2,3)36-22(35)30-17(13-20(28)33)21(34)29-16(12-15-8-5-4-6-9-15)18(32)14-31-11-7-10-19(31)24(25,26)27/h4-6,8-9,16-19,32H,7,10-14H2,1-3H3,(H2,28,33)(H,29,34)(H,30,35)/t16-,17-,18-,19-/m0/s1. The summed E-state index contributed by atoms with van der Waals surface area (Å²) in [6.45, 7) is 4.71. The highest BCUT2D eigenvalue weighted by atomic mass is 19.4. The molecule has 3 amide bonds. The molecule has 1 saturated heterocycles. The van der Waals surface area contributed by atoms with Gasteiger partial charge in [0.25, 0.3) is 0 Å². The van der Waals surface area contributed by atoms with Crippen LogP contribution < -0.4 is 16.4 Å². The van der Waals surface area contributed by atoms with Gasteiger partial charge in [0.2, 0.25) is 11.8 Å². The van der Waals surface area contributed by atoms with Gasteiger partial charge in [0.05, 0.1) is 18.6 Å². The number of alkyl halides is 3. The molecule has 1 fully saturated rings. The first-order chi connectivity index (χ1) is 16.7. The Bertz CT molecular complexity index is 892. The van der Waals surface area contributed by atoms with Crippen molar-refractivity contribution in [1.29, 1.82) is 0 Å². The van der Waals surface area contributed by atoms with Crippen LogP contribution in [0.2, 0.25) is 0 Å². The van der Waals surface area contributed by atoms with Gasteiger partial charge in [-0.05, 0) is 52.1 Å². The minimum absolute atomic E-state index is 0.0631. The maximum atomic E-state index is 13.4. The van der Waals surface area contributed by atoms with Crippen molar-refractivity contribution in [3.63, 3.8) is 0 Å². The molecule has 202 valence electrons. The van der Waals surface area contributed by atoms with Crippen molar-refractivity contribution in [2.45, 2.75) is 82.5 Å². The Kier molecular flexibility index (Phi) is 10.1. The van der Waals surface area contributed by atoms with Crippen molar-refractivity contribution in [3.8, 4) is 0 Å². The number of alkyl carbamates (subject to hydrolysis) is 1. The van der Waals surface area contributed by atoms with Gasteiger partial charge in [0.1, 0.15) is 17.7 Å². The first-order valence-corrected chi connectivity index (χ1v) is 11.8. The van der Waals surface area contributed by atoms with Crippen LogP contribution in [0.25, 0.3) is 0 Å². The largest absolute Gasteiger partial charge is 0.444 e. The zero-order valence-corrected chi connectivity index (χ0v) is 20.7. The van der Waals surface area contributed by atoms with Crippen LogP contribution in [0.4, 0.5) is 18.0 Å². The lowest BCUT2D eigenvalue weighted by Crippen LogP contribution is -2.57. The lowest BCUT2D eigenvalue weighted by molar-refractivity contribution is -0.178. The molecular formula is C24H35F3N4O5. The second kappa shape index (κ2) is 12.4. The Morgan fingerprint density at radius 3 is 2.36 bits per heavy atom. The fraction of sp³-hybridized carbons (Fsp3) is 0.625. The van der Waals surface area contributed by atoms with Crippen molar-refractivity contribution in [3.05, 3.63) is 35.9 Å². The number of nitrogens with one attached hydrogen (secondary N) is 2. The summed E-state index contributed by atoms with van der Waals surface area (Å²) >= 11 is 0. The molecule has 5 N–H and O–H groups in total. The summed E-state index contributed by atoms with van der Waals surface area (Å²) in [5.74, 6) is -1.69. The Morgan fingerprint density at radius 2 is 1.81 bits per heavy atom. The number of carbonyl (C=O) groups excluding carboxylic acids is 3. The molecule has 1 aromatic carbocycles. The van der Waals surface area contributed by atoms with Crippen LogP contribution in [0.5, 0.6) is 0 Å². The van der Waals surface area contributed by atoms with Gasteiger partial charge in [-0.2, -0.15) is 13.2 Å². The van der Waals surface area contributed by atoms with E-state index in [1.165, 1.54) is 0 Å². The Morgan fingerprint density at radius 1 is 1.17 bits per heavy atom. The van der Waals surface area contributed by atoms with Crippen LogP contribution >= 0.6 is 0 Å². The fourth-order valence-corrected chi connectivity index (χ4v) is 4.08. The zero-order valence-electron chi connectivity index (χ0n) is 20.7. The second-order valence-corrected chi connectivity index (χ2v) is 9.94. The highest BCUT2D eigenvalue weighted by Crippen LogP contribution is 2.32. The molecule has 0 unspecified atom stereocenters. The summed E-state index contributed by atoms with van der Waals surface area (Å²) in [5, 5.41) is 15.8. The minimum Gasteiger partial charge on any atom is -0.444 e. The molecule has 0 spiro atoms. The van der Waals surface area contributed by atoms with E-state index < -0.39 is 60.3 Å². The summed E-state index contributed by atoms with van der Waals surface area (Å²) < 4.78 is 45.3. The highest BCUT2D eigenvalue weighted by Gasteiger charge is 2.46. The third kappa shape index (κ3) is 9.65. The van der Waals surface area contributed by atoms with Crippen LogP contribution in [-0.4, -0.2) is 77.0 Å². The van der Waals surface area contributed by atoms with Crippen LogP contribution in [0, 0.1) is 0 Å². The number of primary amides is 1. The topological polar surface area (TPSA) is 134 Å². The van der Waals surface area contributed by atoms with E-state index >= 15 is 0 Å². The molecule has 4 atom stereocenters. The Balaban J connectivity index is 2.20. The number of β-amino-alcohol motifs (C(OH)–C–C–N with tert-alkyl or cyclic N) is 1. The summed E-state index contributed by atoms with van der Waals surface area (Å²) in [6, 6.07) is 4.69. The molecule has 0 aromatic heterocycles. The number of hydrogen-bond acceptors (Lipinski definition) is 6. The van der Waals surface area contributed by atoms with Crippen molar-refractivity contribution < 1.29 is 37.4 Å². The monoisotopic (exact) mass is 516 g/mol. The summed E-state index contributed by atoms with van der Waals surface area (Å²) in [5.41, 5.74) is 5.10. The van der Waals surface area contributed by atoms with E-state index in [0.717, 1.165) is 10.5 Å². The molecule has 9 nitrogen and oxygen atoms in total. The van der Waals surface area contributed by atoms with Gasteiger partial charge < -0.3 is 26.2 Å². The van der Waals surface area contributed by atoms with E-state index in [9.17, 15) is 32.7 Å². The van der Waals surface area contributed by atoms with Gasteiger partial charge in [-0.25, -0.2) is 4.79 Å². The maximum Gasteiger partial charge on any atom is 0.408 e. The molecule has 1 heterocycles. The van der Waals surface area contributed by atoms with E-state index in [0.29, 0.717) is 6.42 Å². The highest BCUT2D eigenvalue weighted by molar-refractivity contribution is 5.90. The molecule has 12 heteroatoms. The predicted molar refractivity (Wildman–Crippen MR) is 126 cm³/mol. The number of hydrogen-bond donors (Lipinski definition) is 4. The fourth-order valence-electron chi connectivity index (χ4n) is 4.08. The van der Waals surface area contributed by atoms with Gasteiger partial charge >= 0.3 is 12.3 Å². The normalized spacial score (nSPS) is 19.2. The van der Waals surface area contributed by atoms with E-state index in [-0.39, 0.29) is 25.9 Å². The van der Waals surface area contributed by atoms with Crippen molar-refractivity contribution >= 4 is 17.9 Å². The van der Waals surface area contributed by atoms with E-state index in [4.69, 9.17) is 10.5 Å². The van der Waals surface area contributed by atoms with Crippen molar-refractivity contribution in [2.75, 3.05) is 13.1 Å². The van der Waals surface area contributed by atoms with Gasteiger partial charge in [-0.1, -0.05) is 30.3 Å². The third-order valence-corrected chi connectivity index (χ3v) is 5.67. The van der Waals surface area contributed by atoms with Crippen LogP contribution in [0.3, 0.4) is 0 Å². The number of ether oxygens (including phenoxy) is 1. The average Bonchev–Trinajstić information content (AvgIpc) is 3.20. The van der Waals surface area contributed by atoms with E-state index in [1.54, 1.807) is 51.1 Å². The number of nitrogens with two attached hydrogens (primary N) is 1. The van der Waals surface area contributed by atoms with E-state index in [2.05, 4.69) is 10.6 Å². The summed E-state index contributed by atoms with van der Waals surface area (Å²) in [4.78, 5) is 38.0. The number of benzene rings is 1. The van der Waals surface area contributed by atoms with Gasteiger partial charge in [0.15, 0.2) is 0 Å². The quantitative estimate of drug-likeness (QED) is 0.375. The van der Waals surface area contributed by atoms with Gasteiger partial charge in [0, 0.05) is 6.54 Å². The number of likely N-dealkylation sites (tertiary alicyclic amines) is 1. The Labute approximate surface area is 208 Å². The second-order valence-electron chi connectivity index (χ2n) is 9.94. The number of nitrogens with zero attached hydrogens (tertiary/aromatic N) is 1. The van der Waals surface area contributed by atoms with Gasteiger partial charge in [-0.15, -0.1) is 0 Å². The lowest BCUT2D eigenvalue weighted by atomic mass is 9.99. The molecule has 36 heavy (non-hydrogen) atoms. The van der Waals surface area contributed by atoms with Crippen molar-refractivity contribution in [2.24, 2.45) is 5.73 Å². The molecule has 2 rings (SSSR count). The van der Waals surface area contributed by atoms with Crippen LogP contribution in [-0.2, 0) is 20.7 Å². The lowest BCUT2D eigenvalue weighted by Gasteiger charge is -2.32. The SMILES string of the molecule is CC(C)(C)OC(=O)N[C@@H](CC(N)=O)C(=O)N[C@@H](Cc1ccccc1)[C@@H](O)CN1CCC[C@H]1C(F)(F)F. The van der Waals surface area contributed by atoms with Crippen LogP contribution in [0.1, 0.15) is 45.6 Å². The average molecular weight is 517 g/mol. The molecule has 0 bridgehead atoms. The van der Waals surface area contributed by atoms with E-state index in [1.807, 2.05) is 0 Å². The number of aliphatic hydroxyl groups excluding tert-OH is 1. The number of carbonyl (C=O) groups is 3. The number of rotatable bonds is 10. The maximum absolute atomic E-state index is 13.4.